The second-order valence-corrected chi connectivity index (χ2v) is 10.7. The molecule has 0 spiro atoms. The number of nitrogens with one attached hydrogen (secondary N) is 1. The Balaban J connectivity index is 1.46. The number of thioether (sulfide) groups is 1. The Morgan fingerprint density at radius 1 is 1.18 bits per heavy atom. The molecule has 2 aromatic heterocycles. The fourth-order valence-corrected chi connectivity index (χ4v) is 5.65. The van der Waals surface area contributed by atoms with E-state index in [0.717, 1.165) is 10.0 Å². The van der Waals surface area contributed by atoms with E-state index >= 15 is 0 Å². The highest BCUT2D eigenvalue weighted by molar-refractivity contribution is 9.10. The van der Waals surface area contributed by atoms with Crippen LogP contribution in [0, 0.1) is 0 Å². The molecule has 1 N–H and O–H groups in total. The average Bonchev–Trinajstić information content (AvgIpc) is 3.53. The lowest BCUT2D eigenvalue weighted by atomic mass is 10.0. The third-order valence-electron chi connectivity index (χ3n) is 5.40. The van der Waals surface area contributed by atoms with Crippen molar-refractivity contribution in [3.05, 3.63) is 88.5 Å². The van der Waals surface area contributed by atoms with Gasteiger partial charge in [-0.1, -0.05) is 64.1 Å². The molecule has 0 bridgehead atoms. The van der Waals surface area contributed by atoms with Crippen LogP contribution in [0.2, 0.25) is 0 Å². The van der Waals surface area contributed by atoms with E-state index in [9.17, 15) is 9.59 Å². The third-order valence-corrected chi connectivity index (χ3v) is 7.79. The summed E-state index contributed by atoms with van der Waals surface area (Å²) in [5.41, 5.74) is 1.90. The second kappa shape index (κ2) is 12.9. The number of hydrogen-bond donors (Lipinski definition) is 1. The van der Waals surface area contributed by atoms with Crippen LogP contribution in [0.5, 0.6) is 5.75 Å². The standard InChI is InChI=1S/C27H25BrN4O4S2/c1-4-14-32-24(17(2)36-20-12-10-19(28)11-13-20)30-31-27(32)38-16-22(33)29-25-23(26(34)35-3)21(15-37-25)18-8-6-5-7-9-18/h4-13,15,17H,1,14,16H2,2-3H3,(H,29,33). The SMILES string of the molecule is C=CCn1c(SCC(=O)Nc2scc(-c3ccccc3)c2C(=O)OC)nnc1C(C)Oc1ccc(Br)cc1. The summed E-state index contributed by atoms with van der Waals surface area (Å²) in [6, 6.07) is 17.0. The summed E-state index contributed by atoms with van der Waals surface area (Å²) in [6.45, 7) is 6.18. The first-order valence-electron chi connectivity index (χ1n) is 11.5. The number of carbonyl (C=O) groups is 2. The van der Waals surface area contributed by atoms with Gasteiger partial charge in [-0.15, -0.1) is 28.1 Å². The molecular formula is C27H25BrN4O4S2. The predicted molar refractivity (Wildman–Crippen MR) is 154 cm³/mol. The molecule has 2 aromatic carbocycles. The minimum atomic E-state index is -0.511. The Morgan fingerprint density at radius 2 is 1.92 bits per heavy atom. The van der Waals surface area contributed by atoms with Crippen LogP contribution in [0.3, 0.4) is 0 Å². The number of nitrogens with zero attached hydrogens (tertiary/aromatic N) is 3. The molecule has 4 aromatic rings. The van der Waals surface area contributed by atoms with Crippen molar-refractivity contribution < 1.29 is 19.1 Å². The van der Waals surface area contributed by atoms with Crippen molar-refractivity contribution >= 4 is 55.9 Å². The Kier molecular flexibility index (Phi) is 9.38. The van der Waals surface area contributed by atoms with Gasteiger partial charge >= 0.3 is 5.97 Å². The topological polar surface area (TPSA) is 95.3 Å². The molecule has 1 atom stereocenters. The molecule has 0 aliphatic rings. The van der Waals surface area contributed by atoms with E-state index in [-0.39, 0.29) is 17.8 Å². The van der Waals surface area contributed by atoms with Crippen molar-refractivity contribution in [2.45, 2.75) is 24.7 Å². The van der Waals surface area contributed by atoms with Crippen molar-refractivity contribution in [1.82, 2.24) is 14.8 Å². The molecular weight excluding hydrogens is 588 g/mol. The maximum atomic E-state index is 12.9. The van der Waals surface area contributed by atoms with Gasteiger partial charge in [0, 0.05) is 22.0 Å². The highest BCUT2D eigenvalue weighted by Gasteiger charge is 2.23. The van der Waals surface area contributed by atoms with E-state index < -0.39 is 5.97 Å². The number of methoxy groups -OCH3 is 1. The van der Waals surface area contributed by atoms with Crippen molar-refractivity contribution in [1.29, 1.82) is 0 Å². The fourth-order valence-electron chi connectivity index (χ4n) is 3.66. The van der Waals surface area contributed by atoms with Crippen molar-refractivity contribution in [3.63, 3.8) is 0 Å². The van der Waals surface area contributed by atoms with Crippen LogP contribution in [-0.4, -0.2) is 39.5 Å². The molecule has 0 aliphatic carbocycles. The first-order valence-corrected chi connectivity index (χ1v) is 14.2. The normalized spacial score (nSPS) is 11.6. The van der Waals surface area contributed by atoms with Gasteiger partial charge in [0.25, 0.3) is 0 Å². The van der Waals surface area contributed by atoms with Gasteiger partial charge in [-0.05, 0) is 36.8 Å². The Morgan fingerprint density at radius 3 is 2.61 bits per heavy atom. The van der Waals surface area contributed by atoms with E-state index in [4.69, 9.17) is 9.47 Å². The van der Waals surface area contributed by atoms with Gasteiger partial charge < -0.3 is 14.8 Å². The number of amides is 1. The molecule has 196 valence electrons. The monoisotopic (exact) mass is 612 g/mol. The number of aromatic nitrogens is 3. The highest BCUT2D eigenvalue weighted by atomic mass is 79.9. The molecule has 0 saturated heterocycles. The molecule has 1 amide bonds. The molecule has 2 heterocycles. The van der Waals surface area contributed by atoms with Gasteiger partial charge in [-0.2, -0.15) is 0 Å². The number of carbonyl (C=O) groups excluding carboxylic acids is 2. The lowest BCUT2D eigenvalue weighted by molar-refractivity contribution is -0.113. The molecule has 38 heavy (non-hydrogen) atoms. The van der Waals surface area contributed by atoms with Gasteiger partial charge in [-0.3, -0.25) is 9.36 Å². The molecule has 0 saturated carbocycles. The van der Waals surface area contributed by atoms with Crippen LogP contribution in [0.15, 0.2) is 82.3 Å². The molecule has 0 radical (unpaired) electrons. The zero-order chi connectivity index (χ0) is 27.1. The lowest BCUT2D eigenvalue weighted by Gasteiger charge is -2.15. The number of thiophene rings is 1. The minimum absolute atomic E-state index is 0.0659. The minimum Gasteiger partial charge on any atom is -0.483 e. The van der Waals surface area contributed by atoms with Crippen molar-refractivity contribution in [2.24, 2.45) is 0 Å². The Hall–Kier alpha value is -3.41. The van der Waals surface area contributed by atoms with Gasteiger partial charge in [0.1, 0.15) is 16.3 Å². The van der Waals surface area contributed by atoms with Crippen LogP contribution >= 0.6 is 39.0 Å². The first-order chi connectivity index (χ1) is 18.4. The number of ether oxygens (including phenoxy) is 2. The van der Waals surface area contributed by atoms with Gasteiger partial charge in [0.05, 0.1) is 12.9 Å². The van der Waals surface area contributed by atoms with E-state index in [1.54, 1.807) is 6.08 Å². The highest BCUT2D eigenvalue weighted by Crippen LogP contribution is 2.36. The van der Waals surface area contributed by atoms with Crippen LogP contribution in [-0.2, 0) is 16.1 Å². The van der Waals surface area contributed by atoms with Gasteiger partial charge in [0.15, 0.2) is 17.1 Å². The first kappa shape index (κ1) is 27.6. The summed E-state index contributed by atoms with van der Waals surface area (Å²) in [4.78, 5) is 25.5. The largest absolute Gasteiger partial charge is 0.483 e. The molecule has 8 nitrogen and oxygen atoms in total. The van der Waals surface area contributed by atoms with E-state index in [2.05, 4.69) is 38.0 Å². The summed E-state index contributed by atoms with van der Waals surface area (Å²) in [6.07, 6.45) is 1.36. The molecule has 11 heteroatoms. The van der Waals surface area contributed by atoms with Crippen LogP contribution in [0.4, 0.5) is 5.00 Å². The molecule has 0 fully saturated rings. The summed E-state index contributed by atoms with van der Waals surface area (Å²) in [5, 5.41) is 14.3. The molecule has 4 rings (SSSR count). The number of halogens is 1. The van der Waals surface area contributed by atoms with Gasteiger partial charge in [0.2, 0.25) is 5.91 Å². The fraction of sp³-hybridized carbons (Fsp3) is 0.185. The zero-order valence-electron chi connectivity index (χ0n) is 20.7. The number of hydrogen-bond acceptors (Lipinski definition) is 8. The van der Waals surface area contributed by atoms with E-state index in [1.165, 1.54) is 30.2 Å². The van der Waals surface area contributed by atoms with Crippen LogP contribution in [0.1, 0.15) is 29.2 Å². The number of esters is 1. The van der Waals surface area contributed by atoms with E-state index in [1.807, 2.05) is 71.5 Å². The number of rotatable bonds is 11. The number of allylic oxidation sites excluding steroid dienone is 1. The number of anilines is 1. The smallest absolute Gasteiger partial charge is 0.341 e. The Labute approximate surface area is 237 Å². The quantitative estimate of drug-likeness (QED) is 0.116. The summed E-state index contributed by atoms with van der Waals surface area (Å²) < 4.78 is 13.9. The second-order valence-electron chi connectivity index (χ2n) is 8.00. The summed E-state index contributed by atoms with van der Waals surface area (Å²) >= 11 is 5.94. The number of benzene rings is 2. The van der Waals surface area contributed by atoms with Gasteiger partial charge in [-0.25, -0.2) is 4.79 Å². The predicted octanol–water partition coefficient (Wildman–Crippen LogP) is 6.61. The van der Waals surface area contributed by atoms with Crippen molar-refractivity contribution in [2.75, 3.05) is 18.2 Å². The zero-order valence-corrected chi connectivity index (χ0v) is 23.9. The van der Waals surface area contributed by atoms with E-state index in [0.29, 0.717) is 39.4 Å². The van der Waals surface area contributed by atoms with Crippen LogP contribution in [0.25, 0.3) is 11.1 Å². The summed E-state index contributed by atoms with van der Waals surface area (Å²) in [7, 11) is 1.32. The maximum absolute atomic E-state index is 12.9. The van der Waals surface area contributed by atoms with Crippen molar-refractivity contribution in [3.8, 4) is 16.9 Å². The maximum Gasteiger partial charge on any atom is 0.341 e. The third kappa shape index (κ3) is 6.53. The Bertz CT molecular complexity index is 1420. The molecule has 0 aliphatic heterocycles. The molecule has 1 unspecified atom stereocenters. The van der Waals surface area contributed by atoms with Crippen LogP contribution < -0.4 is 10.1 Å². The lowest BCUT2D eigenvalue weighted by Crippen LogP contribution is -2.17. The summed E-state index contributed by atoms with van der Waals surface area (Å²) in [5.74, 6) is 0.596. The average molecular weight is 614 g/mol.